The van der Waals surface area contributed by atoms with E-state index < -0.39 is 155 Å². The standard InChI is InChI=1S/C41H72N4O20/c1-3-4-5-6-7-8-9-10-11-12-13-14-15-16-24(50)23(44-45-42)21-60-38-33(56)32(55)35(28(20-48)62-38)63-39-34(57)37(31(54)27(19-47)61-39)65-41(40(58)59)17-25(51)29(43-22(2)49)36(64-41)30(53)26(52)18-46/h15-16,23-39,46-48,50-57H,3-14,17-21H2,1-2H3,(H,43,49)(H,58,59)/b16-15+/t23-,24+,25?,26?,27?,28?,29?,30?,31?,32?,33?,34?,35?,36?,37?,38?,39?,41?/m0/s1. The zero-order valence-electron chi connectivity index (χ0n) is 37.0. The topological polar surface area (TPSA) is 393 Å². The van der Waals surface area contributed by atoms with Crippen molar-refractivity contribution in [2.75, 3.05) is 26.4 Å². The fourth-order valence-corrected chi connectivity index (χ4v) is 8.04. The molecule has 24 nitrogen and oxygen atoms in total. The molecule has 3 aliphatic heterocycles. The summed E-state index contributed by atoms with van der Waals surface area (Å²) in [6.07, 6.45) is -12.7. The van der Waals surface area contributed by atoms with E-state index in [0.29, 0.717) is 6.42 Å². The third-order valence-corrected chi connectivity index (χ3v) is 11.8. The zero-order chi connectivity index (χ0) is 48.3. The van der Waals surface area contributed by atoms with Crippen LogP contribution in [0.1, 0.15) is 97.3 Å². The molecule has 3 fully saturated rings. The predicted octanol–water partition coefficient (Wildman–Crippen LogP) is -1.90. The number of unbranched alkanes of at least 4 members (excludes halogenated alkanes) is 11. The number of amides is 1. The van der Waals surface area contributed by atoms with E-state index in [4.69, 9.17) is 34.0 Å². The first-order valence-corrected chi connectivity index (χ1v) is 22.4. The molecule has 3 heterocycles. The molecule has 13 N–H and O–H groups in total. The first-order valence-electron chi connectivity index (χ1n) is 22.4. The van der Waals surface area contributed by atoms with Crippen LogP contribution in [0.15, 0.2) is 17.3 Å². The molecule has 0 aromatic carbocycles. The number of rotatable bonds is 29. The van der Waals surface area contributed by atoms with Gasteiger partial charge in [-0.2, -0.15) is 0 Å². The number of aliphatic hydroxyl groups is 11. The minimum Gasteiger partial charge on any atom is -0.477 e. The van der Waals surface area contributed by atoms with E-state index in [1.54, 1.807) is 6.08 Å². The molecule has 0 aromatic heterocycles. The maximum atomic E-state index is 12.8. The second-order valence-electron chi connectivity index (χ2n) is 16.8. The monoisotopic (exact) mass is 940 g/mol. The van der Waals surface area contributed by atoms with Crippen molar-refractivity contribution in [1.29, 1.82) is 0 Å². The van der Waals surface area contributed by atoms with Crippen molar-refractivity contribution in [1.82, 2.24) is 5.32 Å². The lowest BCUT2D eigenvalue weighted by atomic mass is 9.88. The molecule has 1 amide bonds. The van der Waals surface area contributed by atoms with Crippen molar-refractivity contribution in [3.63, 3.8) is 0 Å². The molecule has 16 unspecified atom stereocenters. The summed E-state index contributed by atoms with van der Waals surface area (Å²) < 4.78 is 33.8. The van der Waals surface area contributed by atoms with Gasteiger partial charge in [-0.15, -0.1) is 0 Å². The van der Waals surface area contributed by atoms with Crippen molar-refractivity contribution < 1.29 is 99.3 Å². The maximum Gasteiger partial charge on any atom is 0.364 e. The van der Waals surface area contributed by atoms with Crippen molar-refractivity contribution >= 4 is 11.9 Å². The lowest BCUT2D eigenvalue weighted by Crippen LogP contribution is -2.70. The van der Waals surface area contributed by atoms with E-state index in [-0.39, 0.29) is 0 Å². The average molecular weight is 941 g/mol. The SMILES string of the molecule is CCCCCCCCCCCCC/C=C/[C@@H](O)[C@H](COC1OC(CO)C(OC2OC(CO)C(O)C(OC3(C(=O)O)CC(O)C(NC(C)=O)C(C(O)C(O)CO)O3)C2O)C(O)C1O)N=[N+]=[N-]. The third-order valence-electron chi connectivity index (χ3n) is 11.8. The maximum absolute atomic E-state index is 12.8. The molecule has 3 aliphatic rings. The van der Waals surface area contributed by atoms with Crippen molar-refractivity contribution in [3.05, 3.63) is 22.6 Å². The van der Waals surface area contributed by atoms with Crippen LogP contribution in [0.3, 0.4) is 0 Å². The summed E-state index contributed by atoms with van der Waals surface area (Å²) in [5.41, 5.74) is 9.15. The van der Waals surface area contributed by atoms with Gasteiger partial charge in [-0.25, -0.2) is 4.79 Å². The molecule has 376 valence electrons. The number of ether oxygens (including phenoxy) is 6. The Labute approximate surface area is 377 Å². The highest BCUT2D eigenvalue weighted by Gasteiger charge is 2.60. The lowest BCUT2D eigenvalue weighted by Gasteiger charge is -2.50. The number of carboxylic acid groups (broad SMARTS) is 1. The largest absolute Gasteiger partial charge is 0.477 e. The smallest absolute Gasteiger partial charge is 0.364 e. The normalized spacial score (nSPS) is 34.9. The summed E-state index contributed by atoms with van der Waals surface area (Å²) in [6, 6.07) is -2.78. The molecule has 0 saturated carbocycles. The number of nitrogens with zero attached hydrogens (tertiary/aromatic N) is 3. The molecule has 0 radical (unpaired) electrons. The fourth-order valence-electron chi connectivity index (χ4n) is 8.04. The third kappa shape index (κ3) is 16.2. The number of nitrogens with one attached hydrogen (secondary N) is 1. The molecule has 0 aromatic rings. The minimum absolute atomic E-state index is 0.518. The highest BCUT2D eigenvalue weighted by atomic mass is 16.8. The summed E-state index contributed by atoms with van der Waals surface area (Å²) in [5.74, 6) is -5.83. The number of carbonyl (C=O) groups is 2. The van der Waals surface area contributed by atoms with Crippen LogP contribution >= 0.6 is 0 Å². The van der Waals surface area contributed by atoms with Crippen molar-refractivity contribution in [3.8, 4) is 0 Å². The molecule has 0 bridgehead atoms. The average Bonchev–Trinajstić information content (AvgIpc) is 3.28. The lowest BCUT2D eigenvalue weighted by molar-refractivity contribution is -0.386. The van der Waals surface area contributed by atoms with E-state index in [1.165, 1.54) is 57.4 Å². The predicted molar refractivity (Wildman–Crippen MR) is 223 cm³/mol. The minimum atomic E-state index is -3.07. The molecule has 65 heavy (non-hydrogen) atoms. The first-order chi connectivity index (χ1) is 31.0. The van der Waals surface area contributed by atoms with Gasteiger partial charge in [0.25, 0.3) is 5.79 Å². The van der Waals surface area contributed by atoms with Crippen LogP contribution in [0.2, 0.25) is 0 Å². The Bertz CT molecular complexity index is 1480. The number of aliphatic hydroxyl groups excluding tert-OH is 11. The Morgan fingerprint density at radius 2 is 1.45 bits per heavy atom. The second-order valence-corrected chi connectivity index (χ2v) is 16.8. The van der Waals surface area contributed by atoms with Gasteiger partial charge in [-0.1, -0.05) is 88.4 Å². The van der Waals surface area contributed by atoms with Gasteiger partial charge in [0.05, 0.1) is 50.7 Å². The Morgan fingerprint density at radius 1 is 0.846 bits per heavy atom. The van der Waals surface area contributed by atoms with E-state index in [1.807, 2.05) is 0 Å². The number of aliphatic carboxylic acids is 1. The Hall–Kier alpha value is -2.69. The summed E-state index contributed by atoms with van der Waals surface area (Å²) in [4.78, 5) is 27.5. The van der Waals surface area contributed by atoms with Gasteiger partial charge >= 0.3 is 5.97 Å². The van der Waals surface area contributed by atoms with Gasteiger partial charge in [0.15, 0.2) is 12.6 Å². The summed E-state index contributed by atoms with van der Waals surface area (Å²) in [5, 5.41) is 133. The molecular formula is C41H72N4O20. The second kappa shape index (κ2) is 28.6. The molecular weight excluding hydrogens is 868 g/mol. The van der Waals surface area contributed by atoms with Crippen LogP contribution in [0.5, 0.6) is 0 Å². The molecule has 0 aliphatic carbocycles. The van der Waals surface area contributed by atoms with Gasteiger partial charge in [-0.05, 0) is 18.4 Å². The Balaban J connectivity index is 1.66. The van der Waals surface area contributed by atoms with Gasteiger partial charge < -0.3 is 95.0 Å². The van der Waals surface area contributed by atoms with E-state index in [0.717, 1.165) is 26.2 Å². The van der Waals surface area contributed by atoms with Gasteiger partial charge in [-0.3, -0.25) is 4.79 Å². The summed E-state index contributed by atoms with van der Waals surface area (Å²) in [6.45, 7) is -0.276. The van der Waals surface area contributed by atoms with Crippen LogP contribution in [0.25, 0.3) is 10.4 Å². The van der Waals surface area contributed by atoms with Gasteiger partial charge in [0.1, 0.15) is 67.1 Å². The van der Waals surface area contributed by atoms with Crippen LogP contribution in [0.4, 0.5) is 0 Å². The summed E-state index contributed by atoms with van der Waals surface area (Å²) >= 11 is 0. The van der Waals surface area contributed by atoms with E-state index in [2.05, 4.69) is 22.3 Å². The first kappa shape index (κ1) is 56.6. The van der Waals surface area contributed by atoms with E-state index in [9.17, 15) is 70.9 Å². The summed E-state index contributed by atoms with van der Waals surface area (Å²) in [7, 11) is 0. The zero-order valence-corrected chi connectivity index (χ0v) is 37.0. The molecule has 3 saturated heterocycles. The number of carbonyl (C=O) groups excluding carboxylic acids is 1. The molecule has 0 spiro atoms. The quantitative estimate of drug-likeness (QED) is 0.0128. The number of carboxylic acids is 1. The van der Waals surface area contributed by atoms with Crippen LogP contribution < -0.4 is 5.32 Å². The Morgan fingerprint density at radius 3 is 2.00 bits per heavy atom. The molecule has 3 rings (SSSR count). The molecule has 24 heteroatoms. The number of hydrogen-bond acceptors (Lipinski definition) is 20. The highest BCUT2D eigenvalue weighted by molar-refractivity contribution is 5.76. The molecule has 18 atom stereocenters. The number of allylic oxidation sites excluding steroid dienone is 1. The van der Waals surface area contributed by atoms with E-state index >= 15 is 0 Å². The Kier molecular flexibility index (Phi) is 24.9. The fraction of sp³-hybridized carbons (Fsp3) is 0.902. The van der Waals surface area contributed by atoms with Crippen molar-refractivity contribution in [2.24, 2.45) is 5.11 Å². The number of hydrogen-bond donors (Lipinski definition) is 13. The van der Waals surface area contributed by atoms with Gasteiger partial charge in [0.2, 0.25) is 5.91 Å². The van der Waals surface area contributed by atoms with Gasteiger partial charge in [0, 0.05) is 18.3 Å². The van der Waals surface area contributed by atoms with Crippen LogP contribution in [-0.2, 0) is 38.0 Å². The van der Waals surface area contributed by atoms with Crippen LogP contribution in [-0.4, -0.2) is 209 Å². The van der Waals surface area contributed by atoms with Crippen molar-refractivity contribution in [2.45, 2.75) is 207 Å². The number of azide groups is 1. The van der Waals surface area contributed by atoms with Crippen LogP contribution in [0, 0.1) is 0 Å². The highest BCUT2D eigenvalue weighted by Crippen LogP contribution is 2.38.